The molecular weight excluding hydrogens is 312 g/mol. The fraction of sp³-hybridized carbons (Fsp3) is 0.562. The molecule has 0 aromatic carbocycles. The van der Waals surface area contributed by atoms with Gasteiger partial charge in [-0.3, -0.25) is 9.48 Å². The first-order chi connectivity index (χ1) is 11.0. The molecule has 2 unspecified atom stereocenters. The van der Waals surface area contributed by atoms with Crippen molar-refractivity contribution in [3.63, 3.8) is 0 Å². The second kappa shape index (κ2) is 6.41. The Morgan fingerprint density at radius 1 is 1.52 bits per heavy atom. The minimum atomic E-state index is -0.0976. The summed E-state index contributed by atoms with van der Waals surface area (Å²) in [5.41, 5.74) is 1.67. The van der Waals surface area contributed by atoms with Crippen LogP contribution in [0.4, 0.5) is 0 Å². The smallest absolute Gasteiger partial charge is 0.266 e. The van der Waals surface area contributed by atoms with Gasteiger partial charge >= 0.3 is 0 Å². The third-order valence-corrected chi connectivity index (χ3v) is 5.70. The predicted octanol–water partition coefficient (Wildman–Crippen LogP) is 2.09. The quantitative estimate of drug-likeness (QED) is 0.933. The summed E-state index contributed by atoms with van der Waals surface area (Å²) in [5, 5.41) is 14.6. The summed E-state index contributed by atoms with van der Waals surface area (Å²) in [4.78, 5) is 20.0. The van der Waals surface area contributed by atoms with Crippen LogP contribution in [-0.4, -0.2) is 49.9 Å². The Morgan fingerprint density at radius 3 is 2.96 bits per heavy atom. The van der Waals surface area contributed by atoms with Gasteiger partial charge in [-0.15, -0.1) is 11.3 Å². The third kappa shape index (κ3) is 3.03. The first-order valence-electron chi connectivity index (χ1n) is 7.89. The molecule has 7 heteroatoms. The maximum atomic E-state index is 12.9. The van der Waals surface area contributed by atoms with E-state index in [1.165, 1.54) is 11.3 Å². The number of aryl methyl sites for hydroxylation is 2. The number of aliphatic hydroxyl groups excluding tert-OH is 1. The minimum Gasteiger partial charge on any atom is -0.394 e. The van der Waals surface area contributed by atoms with Crippen LogP contribution in [-0.2, 0) is 7.05 Å². The lowest BCUT2D eigenvalue weighted by Gasteiger charge is -2.38. The van der Waals surface area contributed by atoms with E-state index in [-0.39, 0.29) is 18.6 Å². The highest BCUT2D eigenvalue weighted by Crippen LogP contribution is 2.31. The lowest BCUT2D eigenvalue weighted by Crippen LogP contribution is -2.49. The van der Waals surface area contributed by atoms with E-state index in [4.69, 9.17) is 0 Å². The van der Waals surface area contributed by atoms with Gasteiger partial charge in [0.2, 0.25) is 0 Å². The summed E-state index contributed by atoms with van der Waals surface area (Å²) in [7, 11) is 1.86. The number of nitrogens with zero attached hydrogens (tertiary/aromatic N) is 4. The van der Waals surface area contributed by atoms with Gasteiger partial charge in [0.05, 0.1) is 24.5 Å². The summed E-state index contributed by atoms with van der Waals surface area (Å²) >= 11 is 1.40. The van der Waals surface area contributed by atoms with Crippen LogP contribution in [0.2, 0.25) is 0 Å². The normalized spacial score (nSPS) is 21.7. The average molecular weight is 334 g/mol. The average Bonchev–Trinajstić information content (AvgIpc) is 3.12. The van der Waals surface area contributed by atoms with Gasteiger partial charge in [-0.2, -0.15) is 5.10 Å². The Hall–Kier alpha value is -1.73. The molecule has 2 aromatic heterocycles. The Bertz CT molecular complexity index is 709. The summed E-state index contributed by atoms with van der Waals surface area (Å²) in [6, 6.07) is -0.0976. The van der Waals surface area contributed by atoms with Crippen LogP contribution in [0.5, 0.6) is 0 Å². The van der Waals surface area contributed by atoms with E-state index in [2.05, 4.69) is 17.0 Å². The molecule has 6 nitrogen and oxygen atoms in total. The van der Waals surface area contributed by atoms with Crippen molar-refractivity contribution in [1.82, 2.24) is 19.7 Å². The van der Waals surface area contributed by atoms with Gasteiger partial charge in [0.1, 0.15) is 9.88 Å². The van der Waals surface area contributed by atoms with Crippen molar-refractivity contribution in [2.45, 2.75) is 32.7 Å². The van der Waals surface area contributed by atoms with E-state index in [0.29, 0.717) is 17.3 Å². The number of aromatic nitrogens is 3. The zero-order valence-electron chi connectivity index (χ0n) is 13.7. The van der Waals surface area contributed by atoms with Crippen molar-refractivity contribution in [3.05, 3.63) is 23.0 Å². The number of likely N-dealkylation sites (tertiary alicyclic amines) is 1. The molecule has 1 aliphatic rings. The fourth-order valence-corrected chi connectivity index (χ4v) is 4.16. The molecule has 23 heavy (non-hydrogen) atoms. The lowest BCUT2D eigenvalue weighted by atomic mass is 9.91. The molecule has 2 aromatic rings. The number of carbonyl (C=O) groups is 1. The highest BCUT2D eigenvalue weighted by Gasteiger charge is 2.33. The van der Waals surface area contributed by atoms with E-state index in [1.807, 2.05) is 25.1 Å². The largest absolute Gasteiger partial charge is 0.394 e. The molecule has 1 N–H and O–H groups in total. The Morgan fingerprint density at radius 2 is 2.30 bits per heavy atom. The zero-order valence-corrected chi connectivity index (χ0v) is 14.5. The second-order valence-corrected chi connectivity index (χ2v) is 7.20. The number of thiazole rings is 1. The maximum Gasteiger partial charge on any atom is 0.266 e. The van der Waals surface area contributed by atoms with Gasteiger partial charge < -0.3 is 10.0 Å². The molecule has 1 fully saturated rings. The van der Waals surface area contributed by atoms with E-state index < -0.39 is 0 Å². The van der Waals surface area contributed by atoms with E-state index >= 15 is 0 Å². The van der Waals surface area contributed by atoms with Crippen molar-refractivity contribution in [2.75, 3.05) is 13.2 Å². The lowest BCUT2D eigenvalue weighted by molar-refractivity contribution is 0.0362. The first-order valence-corrected chi connectivity index (χ1v) is 8.71. The number of rotatable bonds is 3. The molecule has 1 aliphatic heterocycles. The zero-order chi connectivity index (χ0) is 16.6. The fourth-order valence-electron chi connectivity index (χ4n) is 3.16. The van der Waals surface area contributed by atoms with Crippen LogP contribution >= 0.6 is 11.3 Å². The Labute approximate surface area is 139 Å². The molecule has 0 aliphatic carbocycles. The van der Waals surface area contributed by atoms with Gasteiger partial charge in [0, 0.05) is 25.4 Å². The van der Waals surface area contributed by atoms with Crippen molar-refractivity contribution < 1.29 is 9.90 Å². The molecule has 0 saturated carbocycles. The van der Waals surface area contributed by atoms with Crippen LogP contribution in [0.3, 0.4) is 0 Å². The van der Waals surface area contributed by atoms with Crippen molar-refractivity contribution in [2.24, 2.45) is 13.0 Å². The van der Waals surface area contributed by atoms with Crippen LogP contribution in [0, 0.1) is 12.8 Å². The van der Waals surface area contributed by atoms with Crippen molar-refractivity contribution in [1.29, 1.82) is 0 Å². The van der Waals surface area contributed by atoms with Gasteiger partial charge in [-0.05, 0) is 25.7 Å². The van der Waals surface area contributed by atoms with Gasteiger partial charge in [-0.25, -0.2) is 4.98 Å². The summed E-state index contributed by atoms with van der Waals surface area (Å²) in [5.74, 6) is 0.310. The van der Waals surface area contributed by atoms with Gasteiger partial charge in [0.15, 0.2) is 0 Å². The third-order valence-electron chi connectivity index (χ3n) is 4.51. The van der Waals surface area contributed by atoms with E-state index in [9.17, 15) is 9.90 Å². The summed E-state index contributed by atoms with van der Waals surface area (Å²) < 4.78 is 1.72. The molecule has 0 radical (unpaired) electrons. The standard InChI is InChI=1S/C16H22N4O2S/c1-10-5-4-6-20(13(10)9-21)16(22)14-11(2)18-15(23-14)12-7-17-19(3)8-12/h7-8,10,13,21H,4-6,9H2,1-3H3. The molecule has 2 atom stereocenters. The molecule has 1 amide bonds. The summed E-state index contributed by atoms with van der Waals surface area (Å²) in [6.45, 7) is 4.68. The topological polar surface area (TPSA) is 71.2 Å². The van der Waals surface area contributed by atoms with Crippen LogP contribution in [0.15, 0.2) is 12.4 Å². The van der Waals surface area contributed by atoms with E-state index in [0.717, 1.165) is 29.1 Å². The second-order valence-electron chi connectivity index (χ2n) is 6.20. The van der Waals surface area contributed by atoms with Gasteiger partial charge in [0.25, 0.3) is 5.91 Å². The SMILES string of the molecule is Cc1nc(-c2cnn(C)c2)sc1C(=O)N1CCCC(C)C1CO. The van der Waals surface area contributed by atoms with Crippen LogP contribution in [0.25, 0.3) is 10.6 Å². The number of aliphatic hydroxyl groups is 1. The first kappa shape index (κ1) is 16.1. The molecule has 3 heterocycles. The highest BCUT2D eigenvalue weighted by molar-refractivity contribution is 7.17. The number of amides is 1. The number of hydrogen-bond donors (Lipinski definition) is 1. The molecule has 1 saturated heterocycles. The monoisotopic (exact) mass is 334 g/mol. The van der Waals surface area contributed by atoms with Crippen LogP contribution < -0.4 is 0 Å². The number of piperidine rings is 1. The molecule has 0 bridgehead atoms. The summed E-state index contributed by atoms with van der Waals surface area (Å²) in [6.07, 6.45) is 5.69. The molecule has 124 valence electrons. The molecule has 0 spiro atoms. The molecule has 3 rings (SSSR count). The van der Waals surface area contributed by atoms with Crippen molar-refractivity contribution >= 4 is 17.2 Å². The predicted molar refractivity (Wildman–Crippen MR) is 89.4 cm³/mol. The van der Waals surface area contributed by atoms with E-state index in [1.54, 1.807) is 10.9 Å². The van der Waals surface area contributed by atoms with Gasteiger partial charge in [-0.1, -0.05) is 6.92 Å². The maximum absolute atomic E-state index is 12.9. The number of carbonyl (C=O) groups excluding carboxylic acids is 1. The molecular formula is C16H22N4O2S. The van der Waals surface area contributed by atoms with Crippen molar-refractivity contribution in [3.8, 4) is 10.6 Å². The minimum absolute atomic E-state index is 0.0132. The highest BCUT2D eigenvalue weighted by atomic mass is 32.1. The number of hydrogen-bond acceptors (Lipinski definition) is 5. The Balaban J connectivity index is 1.89. The Kier molecular flexibility index (Phi) is 4.50. The van der Waals surface area contributed by atoms with Crippen LogP contribution in [0.1, 0.15) is 35.1 Å².